The summed E-state index contributed by atoms with van der Waals surface area (Å²) in [5, 5.41) is 8.47. The minimum atomic E-state index is -0.282. The Morgan fingerprint density at radius 2 is 2.00 bits per heavy atom. The predicted molar refractivity (Wildman–Crippen MR) is 90.8 cm³/mol. The molecular formula is C17H20FN5O. The number of benzene rings is 1. The molecule has 0 radical (unpaired) electrons. The van der Waals surface area contributed by atoms with Crippen LogP contribution in [0.4, 0.5) is 10.2 Å². The van der Waals surface area contributed by atoms with Crippen LogP contribution < -0.4 is 5.32 Å². The molecule has 0 unspecified atom stereocenters. The fourth-order valence-electron chi connectivity index (χ4n) is 2.35. The van der Waals surface area contributed by atoms with Gasteiger partial charge in [-0.25, -0.2) is 19.0 Å². The molecule has 0 bridgehead atoms. The van der Waals surface area contributed by atoms with Gasteiger partial charge in [0.1, 0.15) is 18.0 Å². The number of hydrogen-bond donors (Lipinski definition) is 1. The van der Waals surface area contributed by atoms with Crippen LogP contribution in [-0.4, -0.2) is 39.0 Å². The van der Waals surface area contributed by atoms with Crippen molar-refractivity contribution in [2.75, 3.05) is 18.5 Å². The number of nitrogens with one attached hydrogen (secondary N) is 1. The van der Waals surface area contributed by atoms with Gasteiger partial charge in [-0.05, 0) is 44.5 Å². The molecule has 1 N–H and O–H groups in total. The number of halogens is 1. The van der Waals surface area contributed by atoms with Crippen molar-refractivity contribution in [3.63, 3.8) is 0 Å². The molecule has 3 aromatic rings. The van der Waals surface area contributed by atoms with E-state index in [9.17, 15) is 4.39 Å². The summed E-state index contributed by atoms with van der Waals surface area (Å²) in [4.78, 5) is 8.58. The first-order valence-corrected chi connectivity index (χ1v) is 7.95. The van der Waals surface area contributed by atoms with Gasteiger partial charge in [0.15, 0.2) is 5.65 Å². The highest BCUT2D eigenvalue weighted by atomic mass is 19.1. The molecule has 2 aromatic heterocycles. The molecule has 0 amide bonds. The lowest BCUT2D eigenvalue weighted by molar-refractivity contribution is 0.0787. The van der Waals surface area contributed by atoms with Crippen LogP contribution in [0.25, 0.3) is 16.7 Å². The largest absolute Gasteiger partial charge is 0.379 e. The molecule has 24 heavy (non-hydrogen) atoms. The Morgan fingerprint density at radius 3 is 2.75 bits per heavy atom. The number of rotatable bonds is 7. The molecule has 0 saturated heterocycles. The molecule has 0 fully saturated rings. The van der Waals surface area contributed by atoms with Gasteiger partial charge in [0.2, 0.25) is 0 Å². The van der Waals surface area contributed by atoms with Gasteiger partial charge in [-0.2, -0.15) is 5.10 Å². The Labute approximate surface area is 139 Å². The average molecular weight is 329 g/mol. The minimum Gasteiger partial charge on any atom is -0.379 e. The normalized spacial score (nSPS) is 11.3. The SMILES string of the molecule is CC(C)OCCCNc1ncnc2c1cnn2-c1ccc(F)cc1. The maximum Gasteiger partial charge on any atom is 0.168 e. The summed E-state index contributed by atoms with van der Waals surface area (Å²) < 4.78 is 20.3. The van der Waals surface area contributed by atoms with Crippen LogP contribution in [0, 0.1) is 5.82 Å². The third-order valence-corrected chi connectivity index (χ3v) is 3.50. The van der Waals surface area contributed by atoms with E-state index in [1.54, 1.807) is 23.0 Å². The minimum absolute atomic E-state index is 0.240. The zero-order valence-electron chi connectivity index (χ0n) is 13.7. The van der Waals surface area contributed by atoms with E-state index in [4.69, 9.17) is 4.74 Å². The van der Waals surface area contributed by atoms with Gasteiger partial charge < -0.3 is 10.1 Å². The van der Waals surface area contributed by atoms with E-state index >= 15 is 0 Å². The van der Waals surface area contributed by atoms with Crippen LogP contribution in [0.1, 0.15) is 20.3 Å². The molecule has 6 nitrogen and oxygen atoms in total. The van der Waals surface area contributed by atoms with E-state index in [2.05, 4.69) is 20.4 Å². The van der Waals surface area contributed by atoms with E-state index in [-0.39, 0.29) is 11.9 Å². The molecule has 126 valence electrons. The summed E-state index contributed by atoms with van der Waals surface area (Å²) in [6.45, 7) is 5.49. The highest BCUT2D eigenvalue weighted by Crippen LogP contribution is 2.21. The van der Waals surface area contributed by atoms with Crippen molar-refractivity contribution in [1.82, 2.24) is 19.7 Å². The number of fused-ring (bicyclic) bond motifs is 1. The Bertz CT molecular complexity index is 800. The van der Waals surface area contributed by atoms with Crippen LogP contribution in [0.15, 0.2) is 36.8 Å². The van der Waals surface area contributed by atoms with Crippen molar-refractivity contribution < 1.29 is 9.13 Å². The van der Waals surface area contributed by atoms with Gasteiger partial charge in [0.05, 0.1) is 23.4 Å². The van der Waals surface area contributed by atoms with Crippen molar-refractivity contribution in [2.24, 2.45) is 0 Å². The molecule has 0 spiro atoms. The smallest absolute Gasteiger partial charge is 0.168 e. The van der Waals surface area contributed by atoms with Crippen LogP contribution in [0.3, 0.4) is 0 Å². The molecule has 0 atom stereocenters. The molecule has 0 saturated carbocycles. The molecular weight excluding hydrogens is 309 g/mol. The number of ether oxygens (including phenoxy) is 1. The molecule has 7 heteroatoms. The Morgan fingerprint density at radius 1 is 1.21 bits per heavy atom. The average Bonchev–Trinajstić information content (AvgIpc) is 3.00. The number of nitrogens with zero attached hydrogens (tertiary/aromatic N) is 4. The van der Waals surface area contributed by atoms with Crippen LogP contribution in [0.2, 0.25) is 0 Å². The predicted octanol–water partition coefficient (Wildman–Crippen LogP) is 3.18. The zero-order valence-corrected chi connectivity index (χ0v) is 13.7. The maximum atomic E-state index is 13.1. The van der Waals surface area contributed by atoms with E-state index in [0.717, 1.165) is 29.9 Å². The molecule has 3 rings (SSSR count). The summed E-state index contributed by atoms with van der Waals surface area (Å²) in [7, 11) is 0. The fourth-order valence-corrected chi connectivity index (χ4v) is 2.35. The number of aromatic nitrogens is 4. The molecule has 0 aliphatic heterocycles. The monoisotopic (exact) mass is 329 g/mol. The zero-order chi connectivity index (χ0) is 16.9. The van der Waals surface area contributed by atoms with Crippen molar-refractivity contribution in [1.29, 1.82) is 0 Å². The first-order chi connectivity index (χ1) is 11.6. The third kappa shape index (κ3) is 3.68. The fraction of sp³-hybridized carbons (Fsp3) is 0.353. The van der Waals surface area contributed by atoms with E-state index in [0.29, 0.717) is 12.3 Å². The molecule has 1 aromatic carbocycles. The molecule has 0 aliphatic carbocycles. The second-order valence-electron chi connectivity index (χ2n) is 5.69. The van der Waals surface area contributed by atoms with Crippen LogP contribution >= 0.6 is 0 Å². The van der Waals surface area contributed by atoms with Crippen molar-refractivity contribution in [2.45, 2.75) is 26.4 Å². The summed E-state index contributed by atoms with van der Waals surface area (Å²) in [6.07, 6.45) is 4.34. The lowest BCUT2D eigenvalue weighted by Gasteiger charge is -2.09. The van der Waals surface area contributed by atoms with Crippen molar-refractivity contribution >= 4 is 16.9 Å². The number of hydrogen-bond acceptors (Lipinski definition) is 5. The van der Waals surface area contributed by atoms with Gasteiger partial charge >= 0.3 is 0 Å². The Kier molecular flexibility index (Phi) is 5.00. The van der Waals surface area contributed by atoms with Crippen LogP contribution in [-0.2, 0) is 4.74 Å². The van der Waals surface area contributed by atoms with E-state index < -0.39 is 0 Å². The van der Waals surface area contributed by atoms with Gasteiger partial charge in [-0.15, -0.1) is 0 Å². The first-order valence-electron chi connectivity index (χ1n) is 7.95. The quantitative estimate of drug-likeness (QED) is 0.675. The third-order valence-electron chi connectivity index (χ3n) is 3.50. The standard InChI is InChI=1S/C17H20FN5O/c1-12(2)24-9-3-8-19-16-15-10-22-23(17(15)21-11-20-16)14-6-4-13(18)5-7-14/h4-7,10-12H,3,8-9H2,1-2H3,(H,19,20,21). The van der Waals surface area contributed by atoms with Gasteiger partial charge in [0, 0.05) is 13.2 Å². The van der Waals surface area contributed by atoms with Crippen LogP contribution in [0.5, 0.6) is 0 Å². The van der Waals surface area contributed by atoms with Crippen molar-refractivity contribution in [3.8, 4) is 5.69 Å². The lowest BCUT2D eigenvalue weighted by Crippen LogP contribution is -2.10. The summed E-state index contributed by atoms with van der Waals surface area (Å²) >= 11 is 0. The Balaban J connectivity index is 1.75. The molecule has 2 heterocycles. The van der Waals surface area contributed by atoms with Gasteiger partial charge in [-0.3, -0.25) is 0 Å². The van der Waals surface area contributed by atoms with E-state index in [1.165, 1.54) is 18.5 Å². The maximum absolute atomic E-state index is 13.1. The summed E-state index contributed by atoms with van der Waals surface area (Å²) in [5.74, 6) is 0.453. The van der Waals surface area contributed by atoms with E-state index in [1.807, 2.05) is 13.8 Å². The summed E-state index contributed by atoms with van der Waals surface area (Å²) in [6, 6.07) is 6.14. The second kappa shape index (κ2) is 7.35. The highest BCUT2D eigenvalue weighted by molar-refractivity contribution is 5.87. The summed E-state index contributed by atoms with van der Waals surface area (Å²) in [5.41, 5.74) is 1.43. The highest BCUT2D eigenvalue weighted by Gasteiger charge is 2.10. The van der Waals surface area contributed by atoms with Crippen molar-refractivity contribution in [3.05, 3.63) is 42.6 Å². The topological polar surface area (TPSA) is 64.9 Å². The lowest BCUT2D eigenvalue weighted by atomic mass is 10.3. The number of anilines is 1. The first kappa shape index (κ1) is 16.3. The Hall–Kier alpha value is -2.54. The molecule has 0 aliphatic rings. The second-order valence-corrected chi connectivity index (χ2v) is 5.69. The van der Waals surface area contributed by atoms with Gasteiger partial charge in [-0.1, -0.05) is 0 Å². The van der Waals surface area contributed by atoms with Gasteiger partial charge in [0.25, 0.3) is 0 Å².